The lowest BCUT2D eigenvalue weighted by atomic mass is 9.97. The Morgan fingerprint density at radius 3 is 2.65 bits per heavy atom. The van der Waals surface area contributed by atoms with Crippen molar-refractivity contribution in [1.29, 1.82) is 0 Å². The highest BCUT2D eigenvalue weighted by atomic mass is 16.3. The van der Waals surface area contributed by atoms with Crippen molar-refractivity contribution < 1.29 is 5.11 Å². The molecule has 0 amide bonds. The fourth-order valence-electron chi connectivity index (χ4n) is 3.36. The van der Waals surface area contributed by atoms with Crippen LogP contribution >= 0.6 is 0 Å². The molecule has 1 fully saturated rings. The van der Waals surface area contributed by atoms with Gasteiger partial charge in [0.2, 0.25) is 0 Å². The Labute approximate surface area is 123 Å². The molecule has 0 aliphatic heterocycles. The van der Waals surface area contributed by atoms with Gasteiger partial charge in [-0.25, -0.2) is 0 Å². The summed E-state index contributed by atoms with van der Waals surface area (Å²) in [5, 5.41) is 13.3. The molecule has 0 spiro atoms. The molecule has 2 N–H and O–H groups in total. The Kier molecular flexibility index (Phi) is 6.55. The van der Waals surface area contributed by atoms with E-state index in [1.807, 2.05) is 6.07 Å². The number of aliphatic hydroxyl groups is 1. The van der Waals surface area contributed by atoms with Crippen LogP contribution in [0.15, 0.2) is 30.3 Å². The Morgan fingerprint density at radius 2 is 1.95 bits per heavy atom. The van der Waals surface area contributed by atoms with E-state index < -0.39 is 0 Å². The molecule has 0 saturated heterocycles. The van der Waals surface area contributed by atoms with Crippen molar-refractivity contribution in [2.24, 2.45) is 5.92 Å². The maximum atomic E-state index is 9.62. The number of hydrogen-bond acceptors (Lipinski definition) is 2. The number of aliphatic hydroxyl groups excluding tert-OH is 1. The lowest BCUT2D eigenvalue weighted by molar-refractivity contribution is 0.225. The van der Waals surface area contributed by atoms with Crippen LogP contribution < -0.4 is 5.32 Å². The van der Waals surface area contributed by atoms with E-state index in [1.165, 1.54) is 44.1 Å². The van der Waals surface area contributed by atoms with Gasteiger partial charge in [-0.1, -0.05) is 56.5 Å². The van der Waals surface area contributed by atoms with Gasteiger partial charge >= 0.3 is 0 Å². The fourth-order valence-corrected chi connectivity index (χ4v) is 3.36. The fraction of sp³-hybridized carbons (Fsp3) is 0.667. The third-order valence-electron chi connectivity index (χ3n) is 4.68. The molecule has 2 rings (SSSR count). The summed E-state index contributed by atoms with van der Waals surface area (Å²) >= 11 is 0. The molecule has 0 heterocycles. The molecule has 1 aliphatic rings. The SMILES string of the molecule is CCC1CCCC(N[C@@H](CO)Cc2ccccc2)CC1. The number of rotatable bonds is 6. The number of benzene rings is 1. The number of nitrogens with one attached hydrogen (secondary N) is 1. The molecule has 20 heavy (non-hydrogen) atoms. The summed E-state index contributed by atoms with van der Waals surface area (Å²) in [6, 6.07) is 11.3. The Hall–Kier alpha value is -0.860. The molecule has 1 saturated carbocycles. The zero-order valence-corrected chi connectivity index (χ0v) is 12.7. The average molecular weight is 275 g/mol. The molecule has 3 atom stereocenters. The van der Waals surface area contributed by atoms with E-state index in [4.69, 9.17) is 0 Å². The van der Waals surface area contributed by atoms with Gasteiger partial charge in [-0.3, -0.25) is 0 Å². The maximum absolute atomic E-state index is 9.62. The highest BCUT2D eigenvalue weighted by molar-refractivity contribution is 5.16. The third kappa shape index (κ3) is 4.92. The first kappa shape index (κ1) is 15.5. The second kappa shape index (κ2) is 8.43. The van der Waals surface area contributed by atoms with Crippen molar-refractivity contribution in [3.63, 3.8) is 0 Å². The van der Waals surface area contributed by atoms with Crippen LogP contribution in [0, 0.1) is 5.92 Å². The van der Waals surface area contributed by atoms with Gasteiger partial charge in [0.25, 0.3) is 0 Å². The summed E-state index contributed by atoms with van der Waals surface area (Å²) in [4.78, 5) is 0. The molecular weight excluding hydrogens is 246 g/mol. The Balaban J connectivity index is 1.83. The van der Waals surface area contributed by atoms with Crippen LogP contribution in [0.4, 0.5) is 0 Å². The minimum absolute atomic E-state index is 0.195. The summed E-state index contributed by atoms with van der Waals surface area (Å²) in [6.07, 6.45) is 8.84. The second-order valence-electron chi connectivity index (χ2n) is 6.22. The van der Waals surface area contributed by atoms with E-state index in [0.29, 0.717) is 6.04 Å². The molecular formula is C18H29NO. The van der Waals surface area contributed by atoms with Crippen LogP contribution in [0.2, 0.25) is 0 Å². The van der Waals surface area contributed by atoms with Crippen molar-refractivity contribution in [2.45, 2.75) is 64.0 Å². The van der Waals surface area contributed by atoms with Crippen molar-refractivity contribution in [2.75, 3.05) is 6.61 Å². The highest BCUT2D eigenvalue weighted by Gasteiger charge is 2.20. The summed E-state index contributed by atoms with van der Waals surface area (Å²) < 4.78 is 0. The predicted molar refractivity (Wildman–Crippen MR) is 84.8 cm³/mol. The summed E-state index contributed by atoms with van der Waals surface area (Å²) in [5.41, 5.74) is 1.30. The van der Waals surface area contributed by atoms with E-state index in [-0.39, 0.29) is 12.6 Å². The standard InChI is InChI=1S/C18H29NO/c1-2-15-9-6-10-17(12-11-15)19-18(14-20)13-16-7-4-3-5-8-16/h3-5,7-8,15,17-20H,2,6,9-14H2,1H3/t15?,17?,18-/m1/s1. The Bertz CT molecular complexity index is 365. The van der Waals surface area contributed by atoms with Gasteiger partial charge in [-0.05, 0) is 37.2 Å². The van der Waals surface area contributed by atoms with Gasteiger partial charge in [-0.2, -0.15) is 0 Å². The van der Waals surface area contributed by atoms with Gasteiger partial charge in [0.05, 0.1) is 6.61 Å². The van der Waals surface area contributed by atoms with E-state index >= 15 is 0 Å². The lowest BCUT2D eigenvalue weighted by Gasteiger charge is -2.24. The molecule has 0 radical (unpaired) electrons. The quantitative estimate of drug-likeness (QED) is 0.778. The average Bonchev–Trinajstić information content (AvgIpc) is 2.72. The molecule has 2 heteroatoms. The van der Waals surface area contributed by atoms with Crippen LogP contribution in [0.25, 0.3) is 0 Å². The molecule has 1 aliphatic carbocycles. The summed E-state index contributed by atoms with van der Waals surface area (Å²) in [7, 11) is 0. The second-order valence-corrected chi connectivity index (χ2v) is 6.22. The monoisotopic (exact) mass is 275 g/mol. The first-order valence-electron chi connectivity index (χ1n) is 8.22. The van der Waals surface area contributed by atoms with E-state index in [9.17, 15) is 5.11 Å². The zero-order valence-electron chi connectivity index (χ0n) is 12.7. The van der Waals surface area contributed by atoms with Gasteiger partial charge in [0, 0.05) is 12.1 Å². The molecule has 2 nitrogen and oxygen atoms in total. The van der Waals surface area contributed by atoms with Crippen molar-refractivity contribution in [3.8, 4) is 0 Å². The first-order valence-corrected chi connectivity index (χ1v) is 8.22. The van der Waals surface area contributed by atoms with E-state index in [0.717, 1.165) is 12.3 Å². The van der Waals surface area contributed by atoms with Gasteiger partial charge in [0.1, 0.15) is 0 Å². The highest BCUT2D eigenvalue weighted by Crippen LogP contribution is 2.25. The van der Waals surface area contributed by atoms with Crippen molar-refractivity contribution >= 4 is 0 Å². The smallest absolute Gasteiger partial charge is 0.0587 e. The maximum Gasteiger partial charge on any atom is 0.0587 e. The summed E-state index contributed by atoms with van der Waals surface area (Å²) in [6.45, 7) is 2.53. The largest absolute Gasteiger partial charge is 0.395 e. The minimum Gasteiger partial charge on any atom is -0.395 e. The van der Waals surface area contributed by atoms with Crippen molar-refractivity contribution in [3.05, 3.63) is 35.9 Å². The molecule has 0 bridgehead atoms. The van der Waals surface area contributed by atoms with Gasteiger partial charge in [-0.15, -0.1) is 0 Å². The topological polar surface area (TPSA) is 32.3 Å². The minimum atomic E-state index is 0.195. The number of hydrogen-bond donors (Lipinski definition) is 2. The predicted octanol–water partition coefficient (Wildman–Crippen LogP) is 3.54. The first-order chi connectivity index (χ1) is 9.81. The Morgan fingerprint density at radius 1 is 1.15 bits per heavy atom. The summed E-state index contributed by atoms with van der Waals surface area (Å²) in [5.74, 6) is 0.920. The lowest BCUT2D eigenvalue weighted by Crippen LogP contribution is -2.41. The zero-order chi connectivity index (χ0) is 14.2. The third-order valence-corrected chi connectivity index (χ3v) is 4.68. The molecule has 2 unspecified atom stereocenters. The van der Waals surface area contributed by atoms with Crippen LogP contribution in [0.1, 0.15) is 51.0 Å². The molecule has 112 valence electrons. The van der Waals surface area contributed by atoms with Crippen LogP contribution in [0.3, 0.4) is 0 Å². The van der Waals surface area contributed by atoms with Crippen LogP contribution in [0.5, 0.6) is 0 Å². The van der Waals surface area contributed by atoms with E-state index in [1.54, 1.807) is 0 Å². The molecule has 1 aromatic carbocycles. The molecule has 1 aromatic rings. The van der Waals surface area contributed by atoms with E-state index in [2.05, 4.69) is 36.5 Å². The van der Waals surface area contributed by atoms with Crippen molar-refractivity contribution in [1.82, 2.24) is 5.32 Å². The van der Waals surface area contributed by atoms with Gasteiger partial charge in [0.15, 0.2) is 0 Å². The van der Waals surface area contributed by atoms with Crippen LogP contribution in [-0.4, -0.2) is 23.8 Å². The molecule has 0 aromatic heterocycles. The van der Waals surface area contributed by atoms with Gasteiger partial charge < -0.3 is 10.4 Å². The normalized spacial score (nSPS) is 25.1. The van der Waals surface area contributed by atoms with Crippen LogP contribution in [-0.2, 0) is 6.42 Å².